The molecule has 0 spiro atoms. The molecule has 2 atom stereocenters. The number of rotatable bonds is 1. The van der Waals surface area contributed by atoms with E-state index in [4.69, 9.17) is 4.74 Å². The van der Waals surface area contributed by atoms with Gasteiger partial charge >= 0.3 is 0 Å². The smallest absolute Gasteiger partial charge is 0.197 e. The molecular weight excluding hydrogens is 204 g/mol. The molecule has 90 valence electrons. The first-order chi connectivity index (χ1) is 7.43. The zero-order valence-electron chi connectivity index (χ0n) is 10.2. The van der Waals surface area contributed by atoms with Crippen molar-refractivity contribution in [2.75, 3.05) is 0 Å². The highest BCUT2D eigenvalue weighted by Gasteiger charge is 2.40. The second-order valence-corrected chi connectivity index (χ2v) is 5.69. The highest BCUT2D eigenvalue weighted by molar-refractivity contribution is 5.97. The lowest BCUT2D eigenvalue weighted by molar-refractivity contribution is -0.127. The molecule has 1 heterocycles. The van der Waals surface area contributed by atoms with Crippen LogP contribution in [0.15, 0.2) is 11.3 Å². The lowest BCUT2D eigenvalue weighted by Crippen LogP contribution is -2.36. The Morgan fingerprint density at radius 3 is 2.75 bits per heavy atom. The summed E-state index contributed by atoms with van der Waals surface area (Å²) in [6.07, 6.45) is 2.08. The number of hydrogen-bond donors (Lipinski definition) is 1. The molecule has 1 aliphatic heterocycles. The summed E-state index contributed by atoms with van der Waals surface area (Å²) in [7, 11) is 0. The summed E-state index contributed by atoms with van der Waals surface area (Å²) in [6, 6.07) is 0. The van der Waals surface area contributed by atoms with Gasteiger partial charge in [-0.25, -0.2) is 0 Å². The van der Waals surface area contributed by atoms with E-state index in [9.17, 15) is 9.90 Å². The van der Waals surface area contributed by atoms with Gasteiger partial charge < -0.3 is 9.84 Å². The Morgan fingerprint density at radius 1 is 1.44 bits per heavy atom. The minimum absolute atomic E-state index is 0.0364. The lowest BCUT2D eigenvalue weighted by Gasteiger charge is -2.38. The van der Waals surface area contributed by atoms with Crippen molar-refractivity contribution in [1.82, 2.24) is 0 Å². The molecule has 2 rings (SSSR count). The lowest BCUT2D eigenvalue weighted by atomic mass is 9.72. The number of ketones is 1. The van der Waals surface area contributed by atoms with Gasteiger partial charge in [-0.3, -0.25) is 4.79 Å². The summed E-state index contributed by atoms with van der Waals surface area (Å²) in [5.41, 5.74) is 0.817. The molecule has 2 aliphatic rings. The first-order valence-electron chi connectivity index (χ1n) is 6.04. The summed E-state index contributed by atoms with van der Waals surface area (Å²) in [5.74, 6) is 1.14. The third-order valence-electron chi connectivity index (χ3n) is 3.54. The van der Waals surface area contributed by atoms with Gasteiger partial charge in [-0.05, 0) is 17.8 Å². The highest BCUT2D eigenvalue weighted by Crippen LogP contribution is 2.44. The molecule has 0 fully saturated rings. The fourth-order valence-electron chi connectivity index (χ4n) is 2.78. The predicted octanol–water partition coefficient (Wildman–Crippen LogP) is 2.39. The van der Waals surface area contributed by atoms with Crippen molar-refractivity contribution in [2.45, 2.75) is 52.7 Å². The molecule has 16 heavy (non-hydrogen) atoms. The van der Waals surface area contributed by atoms with Crippen LogP contribution in [0.2, 0.25) is 0 Å². The Kier molecular flexibility index (Phi) is 2.82. The number of ether oxygens (including phenoxy) is 1. The third-order valence-corrected chi connectivity index (χ3v) is 3.54. The summed E-state index contributed by atoms with van der Waals surface area (Å²) in [5, 5.41) is 9.64. The van der Waals surface area contributed by atoms with Crippen molar-refractivity contribution < 1.29 is 14.6 Å². The summed E-state index contributed by atoms with van der Waals surface area (Å²) in [4.78, 5) is 12.1. The van der Waals surface area contributed by atoms with Crippen LogP contribution in [0.4, 0.5) is 0 Å². The maximum absolute atomic E-state index is 12.1. The minimum atomic E-state index is -0.731. The number of aliphatic hydroxyl groups is 1. The number of carbonyl (C=O) groups excluding carboxylic acids is 1. The number of Topliss-reactive ketones (excluding diaryl/α,β-unsaturated/α-hetero) is 1. The Hall–Kier alpha value is -0.830. The number of carbonyl (C=O) groups is 1. The zero-order valence-corrected chi connectivity index (χ0v) is 10.2. The Morgan fingerprint density at radius 2 is 2.12 bits per heavy atom. The van der Waals surface area contributed by atoms with Crippen LogP contribution < -0.4 is 0 Å². The van der Waals surface area contributed by atoms with Crippen molar-refractivity contribution in [3.63, 3.8) is 0 Å². The van der Waals surface area contributed by atoms with Gasteiger partial charge in [0.2, 0.25) is 0 Å². The van der Waals surface area contributed by atoms with Gasteiger partial charge in [-0.1, -0.05) is 20.8 Å². The van der Waals surface area contributed by atoms with Crippen LogP contribution in [0.25, 0.3) is 0 Å². The molecule has 0 saturated heterocycles. The quantitative estimate of drug-likeness (QED) is 0.744. The maximum atomic E-state index is 12.1. The van der Waals surface area contributed by atoms with Crippen molar-refractivity contribution >= 4 is 5.78 Å². The van der Waals surface area contributed by atoms with E-state index < -0.39 is 6.29 Å². The van der Waals surface area contributed by atoms with Gasteiger partial charge in [0.25, 0.3) is 0 Å². The van der Waals surface area contributed by atoms with E-state index in [2.05, 4.69) is 20.8 Å². The molecule has 3 nitrogen and oxygen atoms in total. The fraction of sp³-hybridized carbons (Fsp3) is 0.769. The Bertz CT molecular complexity index is 341. The second-order valence-electron chi connectivity index (χ2n) is 5.69. The molecule has 0 bridgehead atoms. The van der Waals surface area contributed by atoms with E-state index in [1.54, 1.807) is 0 Å². The van der Waals surface area contributed by atoms with Crippen LogP contribution in [0.3, 0.4) is 0 Å². The Labute approximate surface area is 96.5 Å². The molecule has 0 aromatic carbocycles. The standard InChI is InChI=1S/C13H20O3/c1-4-8-5-11(15)16-10-7-13(2,3)6-9(14)12(8)10/h8,11,15H,4-7H2,1-3H3/t8-,11?/m1/s1. The third kappa shape index (κ3) is 2.01. The SMILES string of the molecule is CC[C@@H]1CC(O)OC2=C1C(=O)CC(C)(C)C2. The second kappa shape index (κ2) is 3.88. The molecule has 1 unspecified atom stereocenters. The van der Waals surface area contributed by atoms with Gasteiger partial charge in [0, 0.05) is 24.8 Å². The molecule has 1 aliphatic carbocycles. The monoisotopic (exact) mass is 224 g/mol. The zero-order chi connectivity index (χ0) is 11.9. The van der Waals surface area contributed by atoms with Gasteiger partial charge in [0.1, 0.15) is 5.76 Å². The van der Waals surface area contributed by atoms with E-state index >= 15 is 0 Å². The topological polar surface area (TPSA) is 46.5 Å². The average Bonchev–Trinajstić information content (AvgIpc) is 2.13. The predicted molar refractivity (Wildman–Crippen MR) is 60.5 cm³/mol. The fourth-order valence-corrected chi connectivity index (χ4v) is 2.78. The molecule has 0 radical (unpaired) electrons. The van der Waals surface area contributed by atoms with E-state index in [1.165, 1.54) is 0 Å². The highest BCUT2D eigenvalue weighted by atomic mass is 16.6. The van der Waals surface area contributed by atoms with Crippen LogP contribution >= 0.6 is 0 Å². The minimum Gasteiger partial charge on any atom is -0.469 e. The first-order valence-corrected chi connectivity index (χ1v) is 6.04. The van der Waals surface area contributed by atoms with E-state index in [0.717, 1.165) is 24.2 Å². The van der Waals surface area contributed by atoms with E-state index in [1.807, 2.05) is 0 Å². The Balaban J connectivity index is 2.36. The molecule has 1 N–H and O–H groups in total. The van der Waals surface area contributed by atoms with Crippen molar-refractivity contribution in [2.24, 2.45) is 11.3 Å². The molecule has 0 aromatic rings. The van der Waals surface area contributed by atoms with Crippen molar-refractivity contribution in [3.8, 4) is 0 Å². The van der Waals surface area contributed by atoms with Crippen LogP contribution in [0.1, 0.15) is 46.5 Å². The molecule has 0 amide bonds. The number of hydrogen-bond acceptors (Lipinski definition) is 3. The van der Waals surface area contributed by atoms with Crippen LogP contribution in [-0.4, -0.2) is 17.2 Å². The largest absolute Gasteiger partial charge is 0.469 e. The molecular formula is C13H20O3. The van der Waals surface area contributed by atoms with Gasteiger partial charge in [-0.2, -0.15) is 0 Å². The normalized spacial score (nSPS) is 33.4. The van der Waals surface area contributed by atoms with Crippen LogP contribution in [0, 0.1) is 11.3 Å². The average molecular weight is 224 g/mol. The van der Waals surface area contributed by atoms with Gasteiger partial charge in [-0.15, -0.1) is 0 Å². The van der Waals surface area contributed by atoms with Gasteiger partial charge in [0.05, 0.1) is 0 Å². The summed E-state index contributed by atoms with van der Waals surface area (Å²) in [6.45, 7) is 6.19. The van der Waals surface area contributed by atoms with Crippen LogP contribution in [0.5, 0.6) is 0 Å². The van der Waals surface area contributed by atoms with Crippen molar-refractivity contribution in [1.29, 1.82) is 0 Å². The van der Waals surface area contributed by atoms with Gasteiger partial charge in [0.15, 0.2) is 12.1 Å². The van der Waals surface area contributed by atoms with Crippen LogP contribution in [-0.2, 0) is 9.53 Å². The summed E-state index contributed by atoms with van der Waals surface area (Å²) < 4.78 is 5.44. The molecule has 3 heteroatoms. The van der Waals surface area contributed by atoms with E-state index in [-0.39, 0.29) is 17.1 Å². The maximum Gasteiger partial charge on any atom is 0.197 e. The number of allylic oxidation sites excluding steroid dienone is 2. The van der Waals surface area contributed by atoms with Crippen molar-refractivity contribution in [3.05, 3.63) is 11.3 Å². The first kappa shape index (κ1) is 11.6. The molecule has 0 aromatic heterocycles. The number of aliphatic hydroxyl groups excluding tert-OH is 1. The summed E-state index contributed by atoms with van der Waals surface area (Å²) >= 11 is 0. The molecule has 0 saturated carbocycles. The van der Waals surface area contributed by atoms with E-state index in [0.29, 0.717) is 12.8 Å².